The van der Waals surface area contributed by atoms with Gasteiger partial charge in [-0.25, -0.2) is 4.79 Å². The summed E-state index contributed by atoms with van der Waals surface area (Å²) in [7, 11) is 1.66. The molecule has 1 saturated heterocycles. The summed E-state index contributed by atoms with van der Waals surface area (Å²) in [6.07, 6.45) is 4.25. The lowest BCUT2D eigenvalue weighted by Crippen LogP contribution is -2.49. The number of benzene rings is 1. The average molecular weight is 364 g/mol. The van der Waals surface area contributed by atoms with E-state index in [1.807, 2.05) is 6.92 Å². The number of rotatable bonds is 3. The number of amides is 4. The summed E-state index contributed by atoms with van der Waals surface area (Å²) in [5.74, 6) is -0.661. The van der Waals surface area contributed by atoms with E-state index in [2.05, 4.69) is 5.32 Å². The minimum atomic E-state index is -0.762. The van der Waals surface area contributed by atoms with Crippen molar-refractivity contribution in [3.05, 3.63) is 28.8 Å². The van der Waals surface area contributed by atoms with Gasteiger partial charge >= 0.3 is 6.03 Å². The highest BCUT2D eigenvalue weighted by atomic mass is 35.5. The van der Waals surface area contributed by atoms with Gasteiger partial charge < -0.3 is 10.2 Å². The van der Waals surface area contributed by atoms with Gasteiger partial charge in [0.1, 0.15) is 12.1 Å². The molecule has 1 saturated carbocycles. The van der Waals surface area contributed by atoms with Crippen LogP contribution in [0.3, 0.4) is 0 Å². The molecule has 1 aromatic carbocycles. The van der Waals surface area contributed by atoms with Gasteiger partial charge in [0.15, 0.2) is 0 Å². The van der Waals surface area contributed by atoms with Crippen molar-refractivity contribution in [3.63, 3.8) is 0 Å². The maximum atomic E-state index is 12.9. The molecule has 3 rings (SSSR count). The number of hydrogen-bond donors (Lipinski definition) is 1. The molecule has 1 aliphatic carbocycles. The zero-order valence-electron chi connectivity index (χ0n) is 14.5. The second-order valence-electron chi connectivity index (χ2n) is 6.83. The minimum Gasteiger partial charge on any atom is -0.324 e. The number of nitrogens with one attached hydrogen (secondary N) is 1. The lowest BCUT2D eigenvalue weighted by molar-refractivity contribution is -0.136. The monoisotopic (exact) mass is 363 g/mol. The molecule has 0 aromatic heterocycles. The van der Waals surface area contributed by atoms with E-state index < -0.39 is 17.5 Å². The first-order valence-corrected chi connectivity index (χ1v) is 8.89. The number of aryl methyl sites for hydroxylation is 1. The second-order valence-corrected chi connectivity index (χ2v) is 7.27. The molecule has 1 N–H and O–H groups in total. The fourth-order valence-corrected chi connectivity index (χ4v) is 3.91. The Kier molecular flexibility index (Phi) is 4.73. The number of halogens is 1. The minimum absolute atomic E-state index is 0.252. The van der Waals surface area contributed by atoms with Gasteiger partial charge in [0.05, 0.1) is 0 Å². The molecule has 134 valence electrons. The van der Waals surface area contributed by atoms with E-state index in [-0.39, 0.29) is 12.5 Å². The lowest BCUT2D eigenvalue weighted by Gasteiger charge is -2.35. The van der Waals surface area contributed by atoms with Gasteiger partial charge in [-0.05, 0) is 37.5 Å². The van der Waals surface area contributed by atoms with Gasteiger partial charge in [-0.3, -0.25) is 14.5 Å². The topological polar surface area (TPSA) is 69.7 Å². The molecule has 0 radical (unpaired) electrons. The van der Waals surface area contributed by atoms with Gasteiger partial charge in [0, 0.05) is 17.8 Å². The maximum absolute atomic E-state index is 12.9. The summed E-state index contributed by atoms with van der Waals surface area (Å²) in [6, 6.07) is 4.79. The van der Waals surface area contributed by atoms with Crippen molar-refractivity contribution in [3.8, 4) is 0 Å². The molecule has 1 aliphatic heterocycles. The fraction of sp³-hybridized carbons (Fsp3) is 0.500. The first-order chi connectivity index (χ1) is 11.8. The van der Waals surface area contributed by atoms with Crippen molar-refractivity contribution in [2.24, 2.45) is 0 Å². The third-order valence-electron chi connectivity index (χ3n) is 5.26. The highest BCUT2D eigenvalue weighted by Crippen LogP contribution is 2.39. The number of hydrogen-bond acceptors (Lipinski definition) is 3. The van der Waals surface area contributed by atoms with E-state index in [9.17, 15) is 14.4 Å². The van der Waals surface area contributed by atoms with Gasteiger partial charge in [0.25, 0.3) is 5.91 Å². The van der Waals surface area contributed by atoms with E-state index in [0.717, 1.165) is 29.7 Å². The van der Waals surface area contributed by atoms with Crippen LogP contribution in [-0.4, -0.2) is 46.8 Å². The standard InChI is InChI=1S/C18H22ClN3O3/c1-12-6-7-13(19)10-14(12)20-15(23)11-22-16(24)18(21(2)17(22)25)8-4-3-5-9-18/h6-7,10H,3-5,8-9,11H2,1-2H3,(H,20,23). The van der Waals surface area contributed by atoms with Crippen LogP contribution >= 0.6 is 11.6 Å². The number of urea groups is 1. The van der Waals surface area contributed by atoms with Crippen LogP contribution in [0.4, 0.5) is 10.5 Å². The molecular weight excluding hydrogens is 342 g/mol. The Hall–Kier alpha value is -2.08. The van der Waals surface area contributed by atoms with Gasteiger partial charge in [0.2, 0.25) is 5.91 Å². The van der Waals surface area contributed by atoms with Gasteiger partial charge in [-0.15, -0.1) is 0 Å². The van der Waals surface area contributed by atoms with E-state index in [0.29, 0.717) is 23.6 Å². The zero-order chi connectivity index (χ0) is 18.2. The average Bonchev–Trinajstić information content (AvgIpc) is 2.75. The second kappa shape index (κ2) is 6.67. The van der Waals surface area contributed by atoms with Crippen LogP contribution in [0.25, 0.3) is 0 Å². The van der Waals surface area contributed by atoms with Crippen molar-refractivity contribution in [1.29, 1.82) is 0 Å². The summed E-state index contributed by atoms with van der Waals surface area (Å²) in [4.78, 5) is 40.4. The van der Waals surface area contributed by atoms with E-state index in [1.165, 1.54) is 4.90 Å². The van der Waals surface area contributed by atoms with Crippen LogP contribution in [0.5, 0.6) is 0 Å². The highest BCUT2D eigenvalue weighted by molar-refractivity contribution is 6.31. The smallest absolute Gasteiger partial charge is 0.324 e. The number of carbonyl (C=O) groups is 3. The van der Waals surface area contributed by atoms with Crippen molar-refractivity contribution >= 4 is 35.1 Å². The number of likely N-dealkylation sites (N-methyl/N-ethyl adjacent to an activating group) is 1. The predicted octanol–water partition coefficient (Wildman–Crippen LogP) is 3.18. The van der Waals surface area contributed by atoms with Crippen molar-refractivity contribution in [2.75, 3.05) is 18.9 Å². The number of imide groups is 1. The number of carbonyl (C=O) groups excluding carboxylic acids is 3. The molecule has 1 heterocycles. The molecule has 7 heteroatoms. The molecule has 4 amide bonds. The molecule has 6 nitrogen and oxygen atoms in total. The summed E-state index contributed by atoms with van der Waals surface area (Å²) >= 11 is 5.96. The molecule has 1 spiro atoms. The van der Waals surface area contributed by atoms with E-state index >= 15 is 0 Å². The summed E-state index contributed by atoms with van der Waals surface area (Å²) < 4.78 is 0. The molecule has 25 heavy (non-hydrogen) atoms. The van der Waals surface area contributed by atoms with Crippen LogP contribution in [0.2, 0.25) is 5.02 Å². The maximum Gasteiger partial charge on any atom is 0.327 e. The van der Waals surface area contributed by atoms with Gasteiger partial charge in [-0.2, -0.15) is 0 Å². The Morgan fingerprint density at radius 3 is 2.60 bits per heavy atom. The Balaban J connectivity index is 1.74. The van der Waals surface area contributed by atoms with E-state index in [4.69, 9.17) is 11.6 Å². The van der Waals surface area contributed by atoms with Gasteiger partial charge in [-0.1, -0.05) is 36.9 Å². The van der Waals surface area contributed by atoms with Crippen LogP contribution in [-0.2, 0) is 9.59 Å². The van der Waals surface area contributed by atoms with Crippen LogP contribution in [0, 0.1) is 6.92 Å². The van der Waals surface area contributed by atoms with Crippen LogP contribution < -0.4 is 5.32 Å². The molecule has 1 aromatic rings. The summed E-state index contributed by atoms with van der Waals surface area (Å²) in [6.45, 7) is 1.57. The molecule has 2 fully saturated rings. The lowest BCUT2D eigenvalue weighted by atomic mass is 9.81. The third kappa shape index (κ3) is 3.11. The first kappa shape index (κ1) is 17.7. The molecule has 0 unspecified atom stereocenters. The largest absolute Gasteiger partial charge is 0.327 e. The molecule has 2 aliphatic rings. The quantitative estimate of drug-likeness (QED) is 0.838. The molecule has 0 bridgehead atoms. The third-order valence-corrected chi connectivity index (χ3v) is 5.49. The molecular formula is C18H22ClN3O3. The fourth-order valence-electron chi connectivity index (χ4n) is 3.73. The summed E-state index contributed by atoms with van der Waals surface area (Å²) in [5, 5.41) is 3.25. The van der Waals surface area contributed by atoms with Crippen LogP contribution in [0.15, 0.2) is 18.2 Å². The Morgan fingerprint density at radius 1 is 1.24 bits per heavy atom. The van der Waals surface area contributed by atoms with Crippen molar-refractivity contribution in [2.45, 2.75) is 44.6 Å². The highest BCUT2D eigenvalue weighted by Gasteiger charge is 2.55. The van der Waals surface area contributed by atoms with Crippen LogP contribution in [0.1, 0.15) is 37.7 Å². The Bertz CT molecular complexity index is 728. The molecule has 0 atom stereocenters. The van der Waals surface area contributed by atoms with Crippen molar-refractivity contribution < 1.29 is 14.4 Å². The normalized spacial score (nSPS) is 19.6. The SMILES string of the molecule is Cc1ccc(Cl)cc1NC(=O)CN1C(=O)N(C)C2(CCCCC2)C1=O. The summed E-state index contributed by atoms with van der Waals surface area (Å²) in [5.41, 5.74) is 0.678. The number of nitrogens with zero attached hydrogens (tertiary/aromatic N) is 2. The predicted molar refractivity (Wildman–Crippen MR) is 95.5 cm³/mol. The Labute approximate surface area is 152 Å². The number of anilines is 1. The van der Waals surface area contributed by atoms with Crippen molar-refractivity contribution in [1.82, 2.24) is 9.80 Å². The first-order valence-electron chi connectivity index (χ1n) is 8.51. The Morgan fingerprint density at radius 2 is 1.92 bits per heavy atom. The zero-order valence-corrected chi connectivity index (χ0v) is 15.2. The van der Waals surface area contributed by atoms with E-state index in [1.54, 1.807) is 25.2 Å².